The lowest BCUT2D eigenvalue weighted by Crippen LogP contribution is -1.85. The average molecular weight is 170 g/mol. The first-order chi connectivity index (χ1) is 5.15. The van der Waals surface area contributed by atoms with E-state index in [1.807, 2.05) is 0 Å². The zero-order valence-corrected chi connectivity index (χ0v) is 6.20. The molecule has 1 aromatic carbocycles. The molecular formula is C9H14O3. The minimum Gasteiger partial charge on any atom is -0.504 e. The minimum absolute atomic E-state index is 0. The van der Waals surface area contributed by atoms with Gasteiger partial charge in [0.15, 0.2) is 11.5 Å². The number of aliphatic hydroxyl groups excluding tert-OH is 1. The zero-order chi connectivity index (χ0) is 8.43. The first-order valence-corrected chi connectivity index (χ1v) is 3.27. The fraction of sp³-hybridized carbons (Fsp3) is 0.333. The van der Waals surface area contributed by atoms with Gasteiger partial charge in [-0.25, -0.2) is 0 Å². The molecule has 0 fully saturated rings. The van der Waals surface area contributed by atoms with Gasteiger partial charge in [-0.05, 0) is 24.6 Å². The maximum Gasteiger partial charge on any atom is 0.163 e. The number of aryl methyl sites for hydroxylation is 1. The molecule has 1 aromatic rings. The molecule has 0 aliphatic rings. The van der Waals surface area contributed by atoms with Crippen LogP contribution in [0.1, 0.15) is 18.6 Å². The molecular weight excluding hydrogens is 156 g/mol. The highest BCUT2D eigenvalue weighted by molar-refractivity contribution is 5.46. The van der Waals surface area contributed by atoms with Crippen molar-refractivity contribution in [3.05, 3.63) is 23.3 Å². The van der Waals surface area contributed by atoms with Gasteiger partial charge in [-0.15, -0.1) is 0 Å². The van der Waals surface area contributed by atoms with Gasteiger partial charge in [-0.1, -0.05) is 7.43 Å². The monoisotopic (exact) mass is 170 g/mol. The van der Waals surface area contributed by atoms with E-state index in [1.165, 1.54) is 6.07 Å². The van der Waals surface area contributed by atoms with Gasteiger partial charge in [0.05, 0.1) is 6.61 Å². The first-order valence-electron chi connectivity index (χ1n) is 3.27. The van der Waals surface area contributed by atoms with Gasteiger partial charge >= 0.3 is 0 Å². The van der Waals surface area contributed by atoms with Crippen LogP contribution in [0.2, 0.25) is 0 Å². The highest BCUT2D eigenvalue weighted by atomic mass is 16.3. The summed E-state index contributed by atoms with van der Waals surface area (Å²) in [4.78, 5) is 0. The van der Waals surface area contributed by atoms with E-state index >= 15 is 0 Å². The zero-order valence-electron chi connectivity index (χ0n) is 6.20. The van der Waals surface area contributed by atoms with E-state index in [0.29, 0.717) is 5.56 Å². The van der Waals surface area contributed by atoms with E-state index in [-0.39, 0.29) is 25.5 Å². The fourth-order valence-corrected chi connectivity index (χ4v) is 0.954. The lowest BCUT2D eigenvalue weighted by atomic mass is 10.1. The molecule has 0 aromatic heterocycles. The predicted octanol–water partition coefficient (Wildman–Crippen LogP) is 1.53. The van der Waals surface area contributed by atoms with Gasteiger partial charge in [0.2, 0.25) is 0 Å². The number of hydrogen-bond donors (Lipinski definition) is 3. The summed E-state index contributed by atoms with van der Waals surface area (Å²) in [6, 6.07) is 3.06. The third kappa shape index (κ3) is 1.89. The topological polar surface area (TPSA) is 60.7 Å². The van der Waals surface area contributed by atoms with Crippen molar-refractivity contribution in [1.29, 1.82) is 0 Å². The Morgan fingerprint density at radius 1 is 1.25 bits per heavy atom. The average Bonchev–Trinajstić information content (AvgIpc) is 1.96. The lowest BCUT2D eigenvalue weighted by Gasteiger charge is -2.04. The van der Waals surface area contributed by atoms with Crippen molar-refractivity contribution in [1.82, 2.24) is 0 Å². The van der Waals surface area contributed by atoms with E-state index in [9.17, 15) is 0 Å². The van der Waals surface area contributed by atoms with Crippen molar-refractivity contribution in [2.45, 2.75) is 21.0 Å². The Kier molecular flexibility index (Phi) is 3.57. The second-order valence-electron chi connectivity index (χ2n) is 2.45. The molecule has 3 N–H and O–H groups in total. The molecule has 0 aliphatic heterocycles. The van der Waals surface area contributed by atoms with Crippen LogP contribution >= 0.6 is 0 Å². The molecule has 3 nitrogen and oxygen atoms in total. The fourth-order valence-electron chi connectivity index (χ4n) is 0.954. The molecule has 0 saturated carbocycles. The Balaban J connectivity index is 0.00000121. The summed E-state index contributed by atoms with van der Waals surface area (Å²) < 4.78 is 0. The van der Waals surface area contributed by atoms with Crippen molar-refractivity contribution in [2.75, 3.05) is 0 Å². The molecule has 1 rings (SSSR count). The van der Waals surface area contributed by atoms with Crippen LogP contribution in [0, 0.1) is 6.92 Å². The second kappa shape index (κ2) is 3.97. The van der Waals surface area contributed by atoms with Crippen molar-refractivity contribution < 1.29 is 15.3 Å². The predicted molar refractivity (Wildman–Crippen MR) is 47.2 cm³/mol. The van der Waals surface area contributed by atoms with Crippen molar-refractivity contribution in [3.63, 3.8) is 0 Å². The van der Waals surface area contributed by atoms with Gasteiger partial charge in [0, 0.05) is 5.56 Å². The Bertz CT molecular complexity index is 269. The van der Waals surface area contributed by atoms with E-state index < -0.39 is 0 Å². The van der Waals surface area contributed by atoms with E-state index in [0.717, 1.165) is 5.56 Å². The Hall–Kier alpha value is -1.22. The van der Waals surface area contributed by atoms with Gasteiger partial charge < -0.3 is 15.3 Å². The van der Waals surface area contributed by atoms with Crippen LogP contribution in [-0.4, -0.2) is 15.3 Å². The molecule has 3 heteroatoms. The summed E-state index contributed by atoms with van der Waals surface area (Å²) in [6.07, 6.45) is 0. The maximum atomic E-state index is 9.11. The van der Waals surface area contributed by atoms with Crippen molar-refractivity contribution in [3.8, 4) is 11.5 Å². The smallest absolute Gasteiger partial charge is 0.163 e. The largest absolute Gasteiger partial charge is 0.504 e. The molecule has 0 atom stereocenters. The summed E-state index contributed by atoms with van der Waals surface area (Å²) in [7, 11) is 0. The molecule has 0 saturated heterocycles. The number of hydrogen-bond acceptors (Lipinski definition) is 3. The van der Waals surface area contributed by atoms with Crippen LogP contribution in [-0.2, 0) is 6.61 Å². The van der Waals surface area contributed by atoms with Crippen LogP contribution in [0.4, 0.5) is 0 Å². The number of rotatable bonds is 1. The van der Waals surface area contributed by atoms with E-state index in [4.69, 9.17) is 15.3 Å². The molecule has 0 unspecified atom stereocenters. The molecule has 0 radical (unpaired) electrons. The number of aromatic hydroxyl groups is 2. The Labute approximate surface area is 71.9 Å². The third-order valence-corrected chi connectivity index (χ3v) is 1.48. The van der Waals surface area contributed by atoms with Crippen molar-refractivity contribution in [2.24, 2.45) is 0 Å². The normalized spacial score (nSPS) is 9.17. The molecule has 68 valence electrons. The van der Waals surface area contributed by atoms with Gasteiger partial charge in [-0.2, -0.15) is 0 Å². The SMILES string of the molecule is C.Cc1cc(O)c(O)c(CO)c1. The van der Waals surface area contributed by atoms with Gasteiger partial charge in [0.1, 0.15) is 0 Å². The second-order valence-corrected chi connectivity index (χ2v) is 2.45. The lowest BCUT2D eigenvalue weighted by molar-refractivity contribution is 0.273. The number of benzene rings is 1. The first kappa shape index (κ1) is 10.8. The Morgan fingerprint density at radius 3 is 2.33 bits per heavy atom. The standard InChI is InChI=1S/C8H10O3.CH4/c1-5-2-6(4-9)8(11)7(10)3-5;/h2-3,9-11H,4H2,1H3;1H4. The summed E-state index contributed by atoms with van der Waals surface area (Å²) in [5.74, 6) is -0.424. The molecule has 0 aliphatic carbocycles. The van der Waals surface area contributed by atoms with Crippen molar-refractivity contribution >= 4 is 0 Å². The Morgan fingerprint density at radius 2 is 1.83 bits per heavy atom. The van der Waals surface area contributed by atoms with Crippen LogP contribution in [0.3, 0.4) is 0 Å². The van der Waals surface area contributed by atoms with Gasteiger partial charge in [0.25, 0.3) is 0 Å². The third-order valence-electron chi connectivity index (χ3n) is 1.48. The minimum atomic E-state index is -0.263. The van der Waals surface area contributed by atoms with Crippen LogP contribution in [0.15, 0.2) is 12.1 Å². The molecule has 12 heavy (non-hydrogen) atoms. The molecule has 0 heterocycles. The van der Waals surface area contributed by atoms with E-state index in [1.54, 1.807) is 13.0 Å². The summed E-state index contributed by atoms with van der Waals surface area (Å²) in [5.41, 5.74) is 1.16. The summed E-state index contributed by atoms with van der Waals surface area (Å²) in [5, 5.41) is 26.9. The van der Waals surface area contributed by atoms with Crippen LogP contribution < -0.4 is 0 Å². The highest BCUT2D eigenvalue weighted by Gasteiger charge is 2.05. The summed E-state index contributed by atoms with van der Waals surface area (Å²) in [6.45, 7) is 1.51. The number of aliphatic hydroxyl groups is 1. The quantitative estimate of drug-likeness (QED) is 0.560. The van der Waals surface area contributed by atoms with Crippen LogP contribution in [0.25, 0.3) is 0 Å². The number of phenols is 2. The van der Waals surface area contributed by atoms with Crippen LogP contribution in [0.5, 0.6) is 11.5 Å². The van der Waals surface area contributed by atoms with E-state index in [2.05, 4.69) is 0 Å². The number of phenolic OH excluding ortho intramolecular Hbond substituents is 1. The van der Waals surface area contributed by atoms with Gasteiger partial charge in [-0.3, -0.25) is 0 Å². The molecule has 0 amide bonds. The highest BCUT2D eigenvalue weighted by Crippen LogP contribution is 2.29. The maximum absolute atomic E-state index is 9.11. The molecule has 0 spiro atoms. The molecule has 0 bridgehead atoms. The summed E-state index contributed by atoms with van der Waals surface area (Å²) >= 11 is 0.